The third-order valence-corrected chi connectivity index (χ3v) is 7.84. The first-order valence-electron chi connectivity index (χ1n) is 13.3. The monoisotopic (exact) mass is 496 g/mol. The highest BCUT2D eigenvalue weighted by atomic mass is 16.5. The molecular weight excluding hydrogens is 472 g/mol. The molecule has 0 spiro atoms. The first-order chi connectivity index (χ1) is 19.3. The van der Waals surface area contributed by atoms with E-state index in [1.165, 1.54) is 60.5 Å². The van der Waals surface area contributed by atoms with Crippen LogP contribution < -0.4 is 4.74 Å². The Balaban J connectivity index is 1.23. The predicted molar refractivity (Wildman–Crippen MR) is 163 cm³/mol. The van der Waals surface area contributed by atoms with E-state index in [-0.39, 0.29) is 0 Å². The second-order valence-electron chi connectivity index (χ2n) is 10.2. The zero-order chi connectivity index (χ0) is 25.8. The second-order valence-corrected chi connectivity index (χ2v) is 10.2. The molecule has 0 aliphatic carbocycles. The number of ether oxygens (including phenoxy) is 1. The third-order valence-electron chi connectivity index (χ3n) is 7.84. The lowest BCUT2D eigenvalue weighted by Crippen LogP contribution is -1.98. The van der Waals surface area contributed by atoms with Crippen LogP contribution in [0.15, 0.2) is 146 Å². The van der Waals surface area contributed by atoms with E-state index in [2.05, 4.69) is 146 Å². The molecule has 7 aromatic rings. The molecule has 0 N–H and O–H groups in total. The van der Waals surface area contributed by atoms with Gasteiger partial charge in [0.1, 0.15) is 11.5 Å². The predicted octanol–water partition coefficient (Wildman–Crippen LogP) is 10.8. The Kier molecular flexibility index (Phi) is 4.89. The number of hydrogen-bond acceptors (Lipinski definition) is 1. The van der Waals surface area contributed by atoms with Gasteiger partial charge in [0.15, 0.2) is 0 Å². The van der Waals surface area contributed by atoms with Crippen molar-refractivity contribution in [2.45, 2.75) is 0 Å². The SMILES string of the molecule is c1ccc(-c2cccc(-c3cccc(-c4ccc5c(c4)-c4cccc6c4c(cc4ccccc46)O5)c3)c2)cc1. The van der Waals surface area contributed by atoms with Gasteiger partial charge in [-0.25, -0.2) is 0 Å². The summed E-state index contributed by atoms with van der Waals surface area (Å²) in [7, 11) is 0. The highest BCUT2D eigenvalue weighted by Gasteiger charge is 2.22. The van der Waals surface area contributed by atoms with Crippen LogP contribution in [0.5, 0.6) is 11.5 Å². The smallest absolute Gasteiger partial charge is 0.136 e. The lowest BCUT2D eigenvalue weighted by atomic mass is 9.90. The summed E-state index contributed by atoms with van der Waals surface area (Å²) in [5, 5.41) is 4.88. The highest BCUT2D eigenvalue weighted by Crippen LogP contribution is 2.49. The molecule has 0 amide bonds. The molecule has 0 bridgehead atoms. The lowest BCUT2D eigenvalue weighted by Gasteiger charge is -2.23. The quantitative estimate of drug-likeness (QED) is 0.221. The molecule has 0 saturated heterocycles. The summed E-state index contributed by atoms with van der Waals surface area (Å²) in [6.45, 7) is 0. The molecule has 39 heavy (non-hydrogen) atoms. The van der Waals surface area contributed by atoms with Gasteiger partial charge < -0.3 is 4.74 Å². The minimum Gasteiger partial charge on any atom is -0.456 e. The van der Waals surface area contributed by atoms with Gasteiger partial charge in [0.2, 0.25) is 0 Å². The zero-order valence-corrected chi connectivity index (χ0v) is 21.3. The van der Waals surface area contributed by atoms with Crippen molar-refractivity contribution < 1.29 is 4.74 Å². The van der Waals surface area contributed by atoms with E-state index in [4.69, 9.17) is 4.74 Å². The Morgan fingerprint density at radius 2 is 0.923 bits per heavy atom. The van der Waals surface area contributed by atoms with Crippen molar-refractivity contribution in [2.75, 3.05) is 0 Å². The van der Waals surface area contributed by atoms with Crippen LogP contribution in [-0.2, 0) is 0 Å². The maximum Gasteiger partial charge on any atom is 0.136 e. The van der Waals surface area contributed by atoms with Crippen molar-refractivity contribution in [1.82, 2.24) is 0 Å². The summed E-state index contributed by atoms with van der Waals surface area (Å²) in [6, 6.07) is 52.0. The molecule has 8 rings (SSSR count). The van der Waals surface area contributed by atoms with E-state index in [0.29, 0.717) is 0 Å². The average Bonchev–Trinajstić information content (AvgIpc) is 3.02. The molecule has 1 nitrogen and oxygen atoms in total. The summed E-state index contributed by atoms with van der Waals surface area (Å²) in [5.74, 6) is 1.83. The van der Waals surface area contributed by atoms with Crippen LogP contribution in [0.1, 0.15) is 0 Å². The van der Waals surface area contributed by atoms with Crippen molar-refractivity contribution in [1.29, 1.82) is 0 Å². The van der Waals surface area contributed by atoms with E-state index < -0.39 is 0 Å². The Labute approximate surface area is 227 Å². The summed E-state index contributed by atoms with van der Waals surface area (Å²) in [6.07, 6.45) is 0. The van der Waals surface area contributed by atoms with Gasteiger partial charge in [0.05, 0.1) is 0 Å². The Morgan fingerprint density at radius 1 is 0.333 bits per heavy atom. The van der Waals surface area contributed by atoms with Gasteiger partial charge in [0, 0.05) is 10.9 Å². The Bertz CT molecular complexity index is 2040. The highest BCUT2D eigenvalue weighted by molar-refractivity contribution is 6.16. The molecule has 7 aromatic carbocycles. The largest absolute Gasteiger partial charge is 0.456 e. The summed E-state index contributed by atoms with van der Waals surface area (Å²) >= 11 is 0. The minimum atomic E-state index is 0.903. The van der Waals surface area contributed by atoms with Crippen LogP contribution in [0.4, 0.5) is 0 Å². The summed E-state index contributed by atoms with van der Waals surface area (Å²) < 4.78 is 6.50. The van der Waals surface area contributed by atoms with Crippen LogP contribution in [0, 0.1) is 0 Å². The number of rotatable bonds is 3. The maximum atomic E-state index is 6.50. The van der Waals surface area contributed by atoms with Crippen LogP contribution >= 0.6 is 0 Å². The fraction of sp³-hybridized carbons (Fsp3) is 0. The van der Waals surface area contributed by atoms with Crippen LogP contribution in [0.2, 0.25) is 0 Å². The minimum absolute atomic E-state index is 0.903. The normalized spacial score (nSPS) is 11.8. The molecule has 1 aliphatic heterocycles. The molecule has 0 unspecified atom stereocenters. The van der Waals surface area contributed by atoms with Crippen molar-refractivity contribution in [3.05, 3.63) is 146 Å². The molecular formula is C38H24O. The second kappa shape index (κ2) is 8.72. The fourth-order valence-corrected chi connectivity index (χ4v) is 5.94. The van der Waals surface area contributed by atoms with Crippen LogP contribution in [-0.4, -0.2) is 0 Å². The first-order valence-corrected chi connectivity index (χ1v) is 13.3. The first kappa shape index (κ1) is 21.9. The van der Waals surface area contributed by atoms with E-state index in [9.17, 15) is 0 Å². The van der Waals surface area contributed by atoms with E-state index in [1.54, 1.807) is 0 Å². The maximum absolute atomic E-state index is 6.50. The molecule has 1 heteroatoms. The molecule has 0 saturated carbocycles. The van der Waals surface area contributed by atoms with Crippen LogP contribution in [0.3, 0.4) is 0 Å². The summed E-state index contributed by atoms with van der Waals surface area (Å²) in [5.41, 5.74) is 9.61. The Morgan fingerprint density at radius 3 is 1.69 bits per heavy atom. The molecule has 1 heterocycles. The standard InChI is InChI=1S/C38H24O/c1-2-9-25(10-3-1)26-12-6-13-27(21-26)28-14-7-15-29(22-28)30-19-20-36-35(23-30)34-18-8-17-33-32-16-5-4-11-31(32)24-37(39-36)38(33)34/h1-24H. The van der Waals surface area contributed by atoms with Gasteiger partial charge in [-0.05, 0) is 85.4 Å². The van der Waals surface area contributed by atoms with Crippen LogP contribution in [0.25, 0.3) is 66.1 Å². The van der Waals surface area contributed by atoms with Crippen molar-refractivity contribution in [2.24, 2.45) is 0 Å². The van der Waals surface area contributed by atoms with Gasteiger partial charge in [-0.2, -0.15) is 0 Å². The lowest BCUT2D eigenvalue weighted by molar-refractivity contribution is 0.488. The van der Waals surface area contributed by atoms with Gasteiger partial charge in [-0.3, -0.25) is 0 Å². The number of fused-ring (bicyclic) bond motifs is 4. The summed E-state index contributed by atoms with van der Waals surface area (Å²) in [4.78, 5) is 0. The molecule has 0 aromatic heterocycles. The molecule has 182 valence electrons. The van der Waals surface area contributed by atoms with E-state index >= 15 is 0 Å². The molecule has 0 atom stereocenters. The molecule has 0 fully saturated rings. The van der Waals surface area contributed by atoms with Gasteiger partial charge in [-0.15, -0.1) is 0 Å². The van der Waals surface area contributed by atoms with Gasteiger partial charge in [-0.1, -0.05) is 115 Å². The van der Waals surface area contributed by atoms with Crippen molar-refractivity contribution in [3.63, 3.8) is 0 Å². The van der Waals surface area contributed by atoms with Gasteiger partial charge in [0.25, 0.3) is 0 Å². The van der Waals surface area contributed by atoms with Crippen molar-refractivity contribution in [3.8, 4) is 56.0 Å². The third kappa shape index (κ3) is 3.63. The average molecular weight is 497 g/mol. The topological polar surface area (TPSA) is 9.23 Å². The Hall–Kier alpha value is -5.14. The van der Waals surface area contributed by atoms with Gasteiger partial charge >= 0.3 is 0 Å². The van der Waals surface area contributed by atoms with Crippen molar-refractivity contribution >= 4 is 21.5 Å². The van der Waals surface area contributed by atoms with E-state index in [1.807, 2.05) is 0 Å². The number of benzene rings is 7. The number of hydrogen-bond donors (Lipinski definition) is 0. The van der Waals surface area contributed by atoms with E-state index in [0.717, 1.165) is 17.1 Å². The molecule has 1 aliphatic rings. The fourth-order valence-electron chi connectivity index (χ4n) is 5.94. The molecule has 0 radical (unpaired) electrons. The zero-order valence-electron chi connectivity index (χ0n) is 21.3.